The molecule has 0 fully saturated rings. The summed E-state index contributed by atoms with van der Waals surface area (Å²) in [6.07, 6.45) is 3.00. The van der Waals surface area contributed by atoms with E-state index in [9.17, 15) is 13.2 Å². The molecule has 0 aliphatic rings. The number of thiazole rings is 1. The molecule has 0 radical (unpaired) electrons. The molecule has 0 unspecified atom stereocenters. The molecule has 0 atom stereocenters. The van der Waals surface area contributed by atoms with Crippen molar-refractivity contribution in [1.29, 1.82) is 0 Å². The van der Waals surface area contributed by atoms with Crippen LogP contribution in [0.25, 0.3) is 10.2 Å². The van der Waals surface area contributed by atoms with Crippen LogP contribution in [0.3, 0.4) is 0 Å². The fourth-order valence-corrected chi connectivity index (χ4v) is 5.63. The van der Waals surface area contributed by atoms with E-state index < -0.39 is 15.9 Å². The highest BCUT2D eigenvalue weighted by Crippen LogP contribution is 2.33. The molecule has 6 nitrogen and oxygen atoms in total. The van der Waals surface area contributed by atoms with E-state index in [0.29, 0.717) is 20.7 Å². The Balaban J connectivity index is 1.80. The fourth-order valence-electron chi connectivity index (χ4n) is 2.67. The van der Waals surface area contributed by atoms with Gasteiger partial charge < -0.3 is 0 Å². The summed E-state index contributed by atoms with van der Waals surface area (Å²) >= 11 is 13.4. The number of rotatable bonds is 8. The van der Waals surface area contributed by atoms with Crippen LogP contribution in [0.4, 0.5) is 5.13 Å². The smallest absolute Gasteiger partial charge is 0.257 e. The summed E-state index contributed by atoms with van der Waals surface area (Å²) in [6, 6.07) is 8.96. The van der Waals surface area contributed by atoms with Crippen molar-refractivity contribution in [2.24, 2.45) is 0 Å². The van der Waals surface area contributed by atoms with Crippen LogP contribution in [0.15, 0.2) is 66.6 Å². The van der Waals surface area contributed by atoms with Gasteiger partial charge >= 0.3 is 0 Å². The minimum atomic E-state index is -3.73. The quantitative estimate of drug-likeness (QED) is 0.447. The molecule has 0 aliphatic carbocycles. The zero-order chi connectivity index (χ0) is 21.9. The Morgan fingerprint density at radius 3 is 2.37 bits per heavy atom. The van der Waals surface area contributed by atoms with Gasteiger partial charge in [0.1, 0.15) is 5.52 Å². The number of carbonyl (C=O) groups excluding carboxylic acids is 1. The van der Waals surface area contributed by atoms with Crippen LogP contribution >= 0.6 is 34.5 Å². The molecule has 1 heterocycles. The maximum absolute atomic E-state index is 12.7. The van der Waals surface area contributed by atoms with Crippen LogP contribution < -0.4 is 5.32 Å². The first kappa shape index (κ1) is 22.5. The highest BCUT2D eigenvalue weighted by molar-refractivity contribution is 7.89. The van der Waals surface area contributed by atoms with Gasteiger partial charge in [-0.15, -0.1) is 13.2 Å². The molecule has 0 saturated carbocycles. The average Bonchev–Trinajstić information content (AvgIpc) is 3.10. The van der Waals surface area contributed by atoms with Crippen molar-refractivity contribution in [3.63, 3.8) is 0 Å². The second-order valence-corrected chi connectivity index (χ2v) is 9.94. The predicted octanol–water partition coefficient (Wildman–Crippen LogP) is 5.22. The summed E-state index contributed by atoms with van der Waals surface area (Å²) < 4.78 is 27.5. The number of carbonyl (C=O) groups is 1. The standard InChI is InChI=1S/C20H17Cl2N3O3S2/c1-3-9-25(10-4-2)30(27,28)15-7-5-13(6-8-15)19(26)24-20-23-18-16(22)11-14(21)12-17(18)29-20/h3-8,11-12H,1-2,9-10H2,(H,23,24,26). The maximum atomic E-state index is 12.7. The summed E-state index contributed by atoms with van der Waals surface area (Å²) in [5, 5.41) is 3.93. The number of nitrogens with one attached hydrogen (secondary N) is 1. The van der Waals surface area contributed by atoms with Gasteiger partial charge in [0.05, 0.1) is 14.6 Å². The first-order valence-corrected chi connectivity index (χ1v) is 11.7. The van der Waals surface area contributed by atoms with Crippen LogP contribution in [0.2, 0.25) is 10.0 Å². The number of anilines is 1. The van der Waals surface area contributed by atoms with E-state index in [1.807, 2.05) is 0 Å². The van der Waals surface area contributed by atoms with Crippen molar-refractivity contribution < 1.29 is 13.2 Å². The highest BCUT2D eigenvalue weighted by Gasteiger charge is 2.22. The third-order valence-corrected chi connectivity index (χ3v) is 7.32. The molecule has 0 bridgehead atoms. The van der Waals surface area contributed by atoms with E-state index in [4.69, 9.17) is 23.2 Å². The molecule has 1 aromatic heterocycles. The normalized spacial score (nSPS) is 11.6. The molecule has 0 saturated heterocycles. The van der Waals surface area contributed by atoms with Crippen LogP contribution in [-0.2, 0) is 10.0 Å². The second-order valence-electron chi connectivity index (χ2n) is 6.13. The fraction of sp³-hybridized carbons (Fsp3) is 0.100. The Labute approximate surface area is 188 Å². The number of hydrogen-bond acceptors (Lipinski definition) is 5. The molecule has 2 aromatic carbocycles. The van der Waals surface area contributed by atoms with Crippen molar-refractivity contribution >= 4 is 65.8 Å². The molecule has 0 spiro atoms. The Bertz CT molecular complexity index is 1210. The van der Waals surface area contributed by atoms with E-state index in [-0.39, 0.29) is 23.5 Å². The van der Waals surface area contributed by atoms with E-state index in [2.05, 4.69) is 23.5 Å². The molecule has 3 aromatic rings. The van der Waals surface area contributed by atoms with Crippen LogP contribution in [0.1, 0.15) is 10.4 Å². The largest absolute Gasteiger partial charge is 0.298 e. The topological polar surface area (TPSA) is 79.4 Å². The minimum Gasteiger partial charge on any atom is -0.298 e. The molecule has 10 heteroatoms. The minimum absolute atomic E-state index is 0.0733. The number of nitrogens with zero attached hydrogens (tertiary/aromatic N) is 2. The summed E-state index contributed by atoms with van der Waals surface area (Å²) in [5.74, 6) is -0.422. The van der Waals surface area contributed by atoms with Crippen molar-refractivity contribution in [2.45, 2.75) is 4.90 Å². The molecule has 1 N–H and O–H groups in total. The van der Waals surface area contributed by atoms with Gasteiger partial charge in [-0.25, -0.2) is 13.4 Å². The lowest BCUT2D eigenvalue weighted by atomic mass is 10.2. The maximum Gasteiger partial charge on any atom is 0.257 e. The first-order valence-electron chi connectivity index (χ1n) is 8.65. The SMILES string of the molecule is C=CCN(CC=C)S(=O)(=O)c1ccc(C(=O)Nc2nc3c(Cl)cc(Cl)cc3s2)cc1. The summed E-state index contributed by atoms with van der Waals surface area (Å²) in [4.78, 5) is 16.9. The predicted molar refractivity (Wildman–Crippen MR) is 123 cm³/mol. The molecule has 0 aliphatic heterocycles. The summed E-state index contributed by atoms with van der Waals surface area (Å²) in [6.45, 7) is 7.47. The van der Waals surface area contributed by atoms with E-state index in [0.717, 1.165) is 4.70 Å². The van der Waals surface area contributed by atoms with Gasteiger partial charge in [-0.1, -0.05) is 46.7 Å². The zero-order valence-electron chi connectivity index (χ0n) is 15.6. The monoisotopic (exact) mass is 481 g/mol. The number of benzene rings is 2. The van der Waals surface area contributed by atoms with E-state index in [1.165, 1.54) is 52.1 Å². The number of amides is 1. The van der Waals surface area contributed by atoms with Gasteiger partial charge in [-0.05, 0) is 36.4 Å². The average molecular weight is 482 g/mol. The Hall–Kier alpha value is -2.23. The number of aromatic nitrogens is 1. The number of fused-ring (bicyclic) bond motifs is 1. The molecule has 3 rings (SSSR count). The second kappa shape index (κ2) is 9.28. The molecule has 1 amide bonds. The van der Waals surface area contributed by atoms with Gasteiger partial charge in [0.25, 0.3) is 5.91 Å². The third-order valence-electron chi connectivity index (χ3n) is 4.05. The summed E-state index contributed by atoms with van der Waals surface area (Å²) in [7, 11) is -3.73. The lowest BCUT2D eigenvalue weighted by Crippen LogP contribution is -2.31. The third kappa shape index (κ3) is 4.74. The van der Waals surface area contributed by atoms with Gasteiger partial charge in [0.2, 0.25) is 10.0 Å². The zero-order valence-corrected chi connectivity index (χ0v) is 18.8. The number of hydrogen-bond donors (Lipinski definition) is 1. The molecular weight excluding hydrogens is 465 g/mol. The van der Waals surface area contributed by atoms with Crippen LogP contribution in [-0.4, -0.2) is 36.7 Å². The lowest BCUT2D eigenvalue weighted by Gasteiger charge is -2.19. The van der Waals surface area contributed by atoms with Gasteiger partial charge in [-0.3, -0.25) is 10.1 Å². The van der Waals surface area contributed by atoms with E-state index >= 15 is 0 Å². The van der Waals surface area contributed by atoms with Crippen molar-refractivity contribution in [1.82, 2.24) is 9.29 Å². The van der Waals surface area contributed by atoms with Gasteiger partial charge in [-0.2, -0.15) is 4.31 Å². The molecule has 156 valence electrons. The Morgan fingerprint density at radius 1 is 1.13 bits per heavy atom. The Kier molecular flexibility index (Phi) is 6.95. The Morgan fingerprint density at radius 2 is 1.77 bits per heavy atom. The van der Waals surface area contributed by atoms with Crippen molar-refractivity contribution in [3.8, 4) is 0 Å². The van der Waals surface area contributed by atoms with Crippen LogP contribution in [0.5, 0.6) is 0 Å². The van der Waals surface area contributed by atoms with Crippen molar-refractivity contribution in [2.75, 3.05) is 18.4 Å². The van der Waals surface area contributed by atoms with Crippen molar-refractivity contribution in [3.05, 3.63) is 77.3 Å². The molecule has 30 heavy (non-hydrogen) atoms. The highest BCUT2D eigenvalue weighted by atomic mass is 35.5. The summed E-state index contributed by atoms with van der Waals surface area (Å²) in [5.41, 5.74) is 0.837. The van der Waals surface area contributed by atoms with Gasteiger partial charge in [0, 0.05) is 23.7 Å². The first-order chi connectivity index (χ1) is 14.3. The van der Waals surface area contributed by atoms with Gasteiger partial charge in [0.15, 0.2) is 5.13 Å². The van der Waals surface area contributed by atoms with Crippen LogP contribution in [0, 0.1) is 0 Å². The van der Waals surface area contributed by atoms with E-state index in [1.54, 1.807) is 12.1 Å². The molecular formula is C20H17Cl2N3O3S2. The lowest BCUT2D eigenvalue weighted by molar-refractivity contribution is 0.102. The number of sulfonamides is 1. The number of halogens is 2.